The van der Waals surface area contributed by atoms with Gasteiger partial charge in [0.05, 0.1) is 12.8 Å². The highest BCUT2D eigenvalue weighted by atomic mass is 32.1. The third-order valence-corrected chi connectivity index (χ3v) is 3.08. The first-order valence-corrected chi connectivity index (χ1v) is 6.08. The van der Waals surface area contributed by atoms with Crippen LogP contribution in [0.2, 0.25) is 0 Å². The molecule has 2 aromatic rings. The summed E-state index contributed by atoms with van der Waals surface area (Å²) in [6, 6.07) is 7.57. The van der Waals surface area contributed by atoms with Crippen molar-refractivity contribution in [1.82, 2.24) is 4.98 Å². The summed E-state index contributed by atoms with van der Waals surface area (Å²) in [5.41, 5.74) is 1.67. The van der Waals surface area contributed by atoms with Gasteiger partial charge in [0.25, 0.3) is 0 Å². The summed E-state index contributed by atoms with van der Waals surface area (Å²) in [7, 11) is 1.61. The van der Waals surface area contributed by atoms with Crippen LogP contribution in [-0.4, -0.2) is 23.2 Å². The molecule has 1 N–H and O–H groups in total. The van der Waals surface area contributed by atoms with Gasteiger partial charge in [0.2, 0.25) is 0 Å². The van der Waals surface area contributed by atoms with E-state index in [4.69, 9.17) is 9.84 Å². The fourth-order valence-electron chi connectivity index (χ4n) is 1.49. The number of ether oxygens (including phenoxy) is 1. The highest BCUT2D eigenvalue weighted by molar-refractivity contribution is 7.10. The van der Waals surface area contributed by atoms with Crippen molar-refractivity contribution in [2.45, 2.75) is 0 Å². The zero-order valence-corrected chi connectivity index (χ0v) is 10.5. The van der Waals surface area contributed by atoms with Crippen molar-refractivity contribution in [2.75, 3.05) is 7.11 Å². The molecule has 2 rings (SSSR count). The number of carbonyl (C=O) groups is 1. The molecule has 0 aliphatic carbocycles. The van der Waals surface area contributed by atoms with E-state index in [0.29, 0.717) is 5.01 Å². The van der Waals surface area contributed by atoms with Crippen molar-refractivity contribution >= 4 is 23.4 Å². The Morgan fingerprint density at radius 3 is 2.94 bits per heavy atom. The quantitative estimate of drug-likeness (QED) is 0.860. The highest BCUT2D eigenvalue weighted by Gasteiger charge is 2.08. The lowest BCUT2D eigenvalue weighted by Gasteiger charge is -2.04. The molecule has 92 valence electrons. The first-order chi connectivity index (χ1) is 8.70. The molecule has 5 heteroatoms. The van der Waals surface area contributed by atoms with E-state index in [2.05, 4.69) is 4.98 Å². The van der Waals surface area contributed by atoms with E-state index in [9.17, 15) is 4.79 Å². The van der Waals surface area contributed by atoms with Gasteiger partial charge in [-0.2, -0.15) is 0 Å². The Bertz CT molecular complexity index is 589. The van der Waals surface area contributed by atoms with Crippen LogP contribution in [0.1, 0.15) is 5.01 Å². The Hall–Kier alpha value is -2.14. The van der Waals surface area contributed by atoms with E-state index in [1.807, 2.05) is 29.6 Å². The van der Waals surface area contributed by atoms with Gasteiger partial charge in [0.1, 0.15) is 10.8 Å². The predicted molar refractivity (Wildman–Crippen MR) is 70.8 cm³/mol. The predicted octanol–water partition coefficient (Wildman–Crippen LogP) is 2.92. The number of aromatic nitrogens is 1. The van der Waals surface area contributed by atoms with E-state index < -0.39 is 5.97 Å². The number of aliphatic carboxylic acids is 1. The van der Waals surface area contributed by atoms with E-state index in [-0.39, 0.29) is 0 Å². The normalized spacial score (nSPS) is 10.7. The van der Waals surface area contributed by atoms with Gasteiger partial charge >= 0.3 is 5.97 Å². The van der Waals surface area contributed by atoms with Crippen molar-refractivity contribution in [3.05, 3.63) is 40.7 Å². The minimum Gasteiger partial charge on any atom is -0.496 e. The lowest BCUT2D eigenvalue weighted by Crippen LogP contribution is -1.88. The van der Waals surface area contributed by atoms with Crippen LogP contribution >= 0.6 is 11.3 Å². The Labute approximate surface area is 108 Å². The number of carboxylic acids is 1. The molecule has 4 nitrogen and oxygen atoms in total. The van der Waals surface area contributed by atoms with Crippen molar-refractivity contribution < 1.29 is 14.6 Å². The SMILES string of the molecule is COc1ccccc1-c1csc(/C=C/C(=O)O)n1. The summed E-state index contributed by atoms with van der Waals surface area (Å²) >= 11 is 1.39. The number of thiazole rings is 1. The zero-order chi connectivity index (χ0) is 13.0. The van der Waals surface area contributed by atoms with Crippen molar-refractivity contribution in [1.29, 1.82) is 0 Å². The lowest BCUT2D eigenvalue weighted by molar-refractivity contribution is -0.131. The van der Waals surface area contributed by atoms with Crippen LogP contribution in [0.4, 0.5) is 0 Å². The number of benzene rings is 1. The van der Waals surface area contributed by atoms with Crippen LogP contribution in [0.15, 0.2) is 35.7 Å². The second-order valence-electron chi connectivity index (χ2n) is 3.44. The van der Waals surface area contributed by atoms with Gasteiger partial charge in [0.15, 0.2) is 0 Å². The monoisotopic (exact) mass is 261 g/mol. The third-order valence-electron chi connectivity index (χ3n) is 2.27. The Kier molecular flexibility index (Phi) is 3.74. The molecule has 1 aromatic carbocycles. The summed E-state index contributed by atoms with van der Waals surface area (Å²) in [6.45, 7) is 0. The standard InChI is InChI=1S/C13H11NO3S/c1-17-11-5-3-2-4-9(11)10-8-18-12(14-10)6-7-13(15)16/h2-8H,1H3,(H,15,16)/b7-6+. The summed E-state index contributed by atoms with van der Waals surface area (Å²) in [5.74, 6) is -0.236. The summed E-state index contributed by atoms with van der Waals surface area (Å²) in [5, 5.41) is 11.1. The number of methoxy groups -OCH3 is 1. The topological polar surface area (TPSA) is 59.4 Å². The molecule has 0 aliphatic heterocycles. The largest absolute Gasteiger partial charge is 0.496 e. The van der Waals surface area contributed by atoms with E-state index in [0.717, 1.165) is 23.1 Å². The van der Waals surface area contributed by atoms with Gasteiger partial charge in [0, 0.05) is 17.0 Å². The van der Waals surface area contributed by atoms with Crippen LogP contribution in [0.25, 0.3) is 17.3 Å². The molecule has 0 unspecified atom stereocenters. The number of nitrogens with zero attached hydrogens (tertiary/aromatic N) is 1. The fourth-order valence-corrected chi connectivity index (χ4v) is 2.20. The molecule has 18 heavy (non-hydrogen) atoms. The number of carboxylic acid groups (broad SMARTS) is 1. The molecule has 1 heterocycles. The van der Waals surface area contributed by atoms with Crippen LogP contribution in [0, 0.1) is 0 Å². The van der Waals surface area contributed by atoms with Gasteiger partial charge in [-0.3, -0.25) is 0 Å². The van der Waals surface area contributed by atoms with Gasteiger partial charge in [-0.1, -0.05) is 12.1 Å². The number of rotatable bonds is 4. The molecule has 0 atom stereocenters. The average Bonchev–Trinajstić information content (AvgIpc) is 2.85. The van der Waals surface area contributed by atoms with Gasteiger partial charge in [-0.05, 0) is 18.2 Å². The number of para-hydroxylation sites is 1. The minimum absolute atomic E-state index is 0.651. The summed E-state index contributed by atoms with van der Waals surface area (Å²) in [6.07, 6.45) is 2.55. The fraction of sp³-hybridized carbons (Fsp3) is 0.0769. The second-order valence-corrected chi connectivity index (χ2v) is 4.33. The van der Waals surface area contributed by atoms with Crippen molar-refractivity contribution in [3.8, 4) is 17.0 Å². The van der Waals surface area contributed by atoms with Crippen LogP contribution in [-0.2, 0) is 4.79 Å². The molecular formula is C13H11NO3S. The van der Waals surface area contributed by atoms with Crippen molar-refractivity contribution in [2.24, 2.45) is 0 Å². The number of hydrogen-bond acceptors (Lipinski definition) is 4. The molecule has 0 radical (unpaired) electrons. The first-order valence-electron chi connectivity index (χ1n) is 5.20. The molecular weight excluding hydrogens is 250 g/mol. The van der Waals surface area contributed by atoms with Crippen LogP contribution in [0.3, 0.4) is 0 Å². The minimum atomic E-state index is -0.982. The molecule has 0 aliphatic rings. The summed E-state index contributed by atoms with van der Waals surface area (Å²) < 4.78 is 5.26. The third kappa shape index (κ3) is 2.75. The Morgan fingerprint density at radius 2 is 2.22 bits per heavy atom. The Balaban J connectivity index is 2.32. The second kappa shape index (κ2) is 5.46. The first kappa shape index (κ1) is 12.3. The Morgan fingerprint density at radius 1 is 1.44 bits per heavy atom. The maximum absolute atomic E-state index is 10.4. The van der Waals surface area contributed by atoms with Crippen molar-refractivity contribution in [3.63, 3.8) is 0 Å². The lowest BCUT2D eigenvalue weighted by atomic mass is 10.1. The molecule has 0 bridgehead atoms. The van der Waals surface area contributed by atoms with E-state index >= 15 is 0 Å². The summed E-state index contributed by atoms with van der Waals surface area (Å²) in [4.78, 5) is 14.8. The molecule has 0 saturated heterocycles. The molecule has 0 fully saturated rings. The molecule has 0 spiro atoms. The zero-order valence-electron chi connectivity index (χ0n) is 9.66. The smallest absolute Gasteiger partial charge is 0.328 e. The van der Waals surface area contributed by atoms with E-state index in [1.165, 1.54) is 17.4 Å². The molecule has 0 saturated carbocycles. The van der Waals surface area contributed by atoms with Gasteiger partial charge < -0.3 is 9.84 Å². The van der Waals surface area contributed by atoms with Crippen LogP contribution < -0.4 is 4.74 Å². The maximum atomic E-state index is 10.4. The van der Waals surface area contributed by atoms with Gasteiger partial charge in [-0.15, -0.1) is 11.3 Å². The molecule has 0 amide bonds. The number of hydrogen-bond donors (Lipinski definition) is 1. The maximum Gasteiger partial charge on any atom is 0.328 e. The van der Waals surface area contributed by atoms with Gasteiger partial charge in [-0.25, -0.2) is 9.78 Å². The molecule has 1 aromatic heterocycles. The van der Waals surface area contributed by atoms with E-state index in [1.54, 1.807) is 7.11 Å². The van der Waals surface area contributed by atoms with Crippen LogP contribution in [0.5, 0.6) is 5.75 Å². The highest BCUT2D eigenvalue weighted by Crippen LogP contribution is 2.30. The average molecular weight is 261 g/mol.